The summed E-state index contributed by atoms with van der Waals surface area (Å²) in [5.74, 6) is -1.60. The lowest BCUT2D eigenvalue weighted by atomic mass is 10.0. The van der Waals surface area contributed by atoms with Crippen LogP contribution >= 0.6 is 0 Å². The van der Waals surface area contributed by atoms with Gasteiger partial charge in [0.05, 0.1) is 11.1 Å². The Hall–Kier alpha value is -2.11. The van der Waals surface area contributed by atoms with Crippen LogP contribution in [-0.4, -0.2) is 5.78 Å². The maximum absolute atomic E-state index is 13.1. The van der Waals surface area contributed by atoms with E-state index in [0.29, 0.717) is 17.9 Å². The Morgan fingerprint density at radius 3 is 2.37 bits per heavy atom. The van der Waals surface area contributed by atoms with Crippen molar-refractivity contribution in [3.63, 3.8) is 0 Å². The van der Waals surface area contributed by atoms with Crippen LogP contribution in [-0.2, 0) is 6.18 Å². The highest BCUT2D eigenvalue weighted by Crippen LogP contribution is 2.32. The largest absolute Gasteiger partial charge is 0.469 e. The number of halogens is 4. The summed E-state index contributed by atoms with van der Waals surface area (Å²) < 4.78 is 55.6. The Kier molecular flexibility index (Phi) is 3.18. The smallest absolute Gasteiger partial charge is 0.419 e. The van der Waals surface area contributed by atoms with Crippen molar-refractivity contribution in [3.05, 3.63) is 58.8 Å². The minimum atomic E-state index is -4.84. The van der Waals surface area contributed by atoms with Gasteiger partial charge in [-0.2, -0.15) is 13.2 Å². The molecule has 0 radical (unpaired) electrons. The van der Waals surface area contributed by atoms with Gasteiger partial charge in [-0.05, 0) is 31.2 Å². The molecule has 1 aromatic carbocycles. The lowest BCUT2D eigenvalue weighted by Gasteiger charge is -2.09. The molecular formula is C13H8F4O2. The molecular weight excluding hydrogens is 264 g/mol. The number of furan rings is 1. The first-order valence-corrected chi connectivity index (χ1v) is 5.25. The average molecular weight is 272 g/mol. The molecule has 1 aromatic heterocycles. The SMILES string of the molecule is Cc1cc(C(=O)c2ccc(F)c(C(F)(F)F)c2)co1. The topological polar surface area (TPSA) is 30.2 Å². The molecule has 0 unspecified atom stereocenters. The van der Waals surface area contributed by atoms with Gasteiger partial charge >= 0.3 is 6.18 Å². The van der Waals surface area contributed by atoms with Gasteiger partial charge in [0.15, 0.2) is 5.78 Å². The fourth-order valence-electron chi connectivity index (χ4n) is 1.61. The number of alkyl halides is 3. The molecule has 2 nitrogen and oxygen atoms in total. The molecule has 0 aliphatic heterocycles. The highest BCUT2D eigenvalue weighted by atomic mass is 19.4. The van der Waals surface area contributed by atoms with Gasteiger partial charge in [-0.15, -0.1) is 0 Å². The van der Waals surface area contributed by atoms with E-state index in [0.717, 1.165) is 12.3 Å². The number of rotatable bonds is 2. The van der Waals surface area contributed by atoms with Crippen molar-refractivity contribution in [1.82, 2.24) is 0 Å². The van der Waals surface area contributed by atoms with Crippen LogP contribution in [0.25, 0.3) is 0 Å². The molecule has 0 fully saturated rings. The van der Waals surface area contributed by atoms with E-state index in [9.17, 15) is 22.4 Å². The molecule has 6 heteroatoms. The molecule has 1 heterocycles. The fraction of sp³-hybridized carbons (Fsp3) is 0.154. The van der Waals surface area contributed by atoms with E-state index < -0.39 is 23.3 Å². The number of ketones is 1. The Labute approximate surface area is 105 Å². The van der Waals surface area contributed by atoms with E-state index in [1.54, 1.807) is 6.92 Å². The molecule has 0 bridgehead atoms. The van der Waals surface area contributed by atoms with Crippen LogP contribution in [0.5, 0.6) is 0 Å². The van der Waals surface area contributed by atoms with E-state index >= 15 is 0 Å². The first-order valence-electron chi connectivity index (χ1n) is 5.25. The van der Waals surface area contributed by atoms with Gasteiger partial charge in [0, 0.05) is 5.56 Å². The summed E-state index contributed by atoms with van der Waals surface area (Å²) >= 11 is 0. The number of hydrogen-bond acceptors (Lipinski definition) is 2. The quantitative estimate of drug-likeness (QED) is 0.611. The molecule has 0 saturated heterocycles. The van der Waals surface area contributed by atoms with E-state index in [2.05, 4.69) is 0 Å². The maximum Gasteiger partial charge on any atom is 0.419 e. The highest BCUT2D eigenvalue weighted by molar-refractivity contribution is 6.08. The van der Waals surface area contributed by atoms with Gasteiger partial charge in [-0.3, -0.25) is 4.79 Å². The molecule has 0 aliphatic carbocycles. The number of carbonyl (C=O) groups excluding carboxylic acids is 1. The Morgan fingerprint density at radius 2 is 1.84 bits per heavy atom. The third-order valence-electron chi connectivity index (χ3n) is 2.53. The van der Waals surface area contributed by atoms with Gasteiger partial charge in [0.25, 0.3) is 0 Å². The normalized spacial score (nSPS) is 11.6. The molecule has 100 valence electrons. The maximum atomic E-state index is 13.1. The first-order chi connectivity index (χ1) is 8.79. The lowest BCUT2D eigenvalue weighted by molar-refractivity contribution is -0.140. The number of carbonyl (C=O) groups is 1. The number of aryl methyl sites for hydroxylation is 1. The predicted molar refractivity (Wildman–Crippen MR) is 58.3 cm³/mol. The van der Waals surface area contributed by atoms with Crippen molar-refractivity contribution in [2.24, 2.45) is 0 Å². The Morgan fingerprint density at radius 1 is 1.16 bits per heavy atom. The summed E-state index contributed by atoms with van der Waals surface area (Å²) in [6.07, 6.45) is -3.69. The lowest BCUT2D eigenvalue weighted by Crippen LogP contribution is -2.10. The second kappa shape index (κ2) is 4.53. The van der Waals surface area contributed by atoms with Gasteiger partial charge in [0.1, 0.15) is 17.8 Å². The zero-order valence-electron chi connectivity index (χ0n) is 9.72. The third-order valence-corrected chi connectivity index (χ3v) is 2.53. The van der Waals surface area contributed by atoms with Crippen LogP contribution in [0.15, 0.2) is 34.9 Å². The fourth-order valence-corrected chi connectivity index (χ4v) is 1.61. The van der Waals surface area contributed by atoms with E-state index in [1.165, 1.54) is 6.07 Å². The van der Waals surface area contributed by atoms with E-state index in [4.69, 9.17) is 4.42 Å². The molecule has 0 N–H and O–H groups in total. The summed E-state index contributed by atoms with van der Waals surface area (Å²) in [4.78, 5) is 11.9. The van der Waals surface area contributed by atoms with Gasteiger partial charge in [-0.1, -0.05) is 0 Å². The van der Waals surface area contributed by atoms with Crippen LogP contribution in [0, 0.1) is 12.7 Å². The van der Waals surface area contributed by atoms with Crippen LogP contribution in [0.3, 0.4) is 0 Å². The summed E-state index contributed by atoms with van der Waals surface area (Å²) in [7, 11) is 0. The molecule has 0 spiro atoms. The van der Waals surface area contributed by atoms with Gasteiger partial charge < -0.3 is 4.42 Å². The van der Waals surface area contributed by atoms with E-state index in [-0.39, 0.29) is 11.1 Å². The molecule has 2 rings (SSSR count). The number of hydrogen-bond donors (Lipinski definition) is 0. The monoisotopic (exact) mass is 272 g/mol. The van der Waals surface area contributed by atoms with Crippen molar-refractivity contribution in [2.45, 2.75) is 13.1 Å². The summed E-state index contributed by atoms with van der Waals surface area (Å²) in [6, 6.07) is 3.54. The Balaban J connectivity index is 2.44. The number of benzene rings is 1. The van der Waals surface area contributed by atoms with Crippen molar-refractivity contribution in [3.8, 4) is 0 Å². The molecule has 0 atom stereocenters. The first kappa shape index (κ1) is 13.3. The zero-order chi connectivity index (χ0) is 14.2. The average Bonchev–Trinajstić information content (AvgIpc) is 2.74. The molecule has 0 saturated carbocycles. The Bertz CT molecular complexity index is 626. The molecule has 0 aliphatic rings. The summed E-state index contributed by atoms with van der Waals surface area (Å²) in [5, 5.41) is 0. The zero-order valence-corrected chi connectivity index (χ0v) is 9.72. The second-order valence-electron chi connectivity index (χ2n) is 3.97. The molecule has 0 amide bonds. The summed E-state index contributed by atoms with van der Waals surface area (Å²) in [5.41, 5.74) is -1.58. The minimum absolute atomic E-state index is 0.122. The van der Waals surface area contributed by atoms with Crippen molar-refractivity contribution >= 4 is 5.78 Å². The van der Waals surface area contributed by atoms with Crippen molar-refractivity contribution in [2.75, 3.05) is 0 Å². The van der Waals surface area contributed by atoms with Gasteiger partial charge in [0.2, 0.25) is 0 Å². The van der Waals surface area contributed by atoms with E-state index in [1.807, 2.05) is 0 Å². The highest BCUT2D eigenvalue weighted by Gasteiger charge is 2.34. The van der Waals surface area contributed by atoms with Gasteiger partial charge in [-0.25, -0.2) is 4.39 Å². The third kappa shape index (κ3) is 2.67. The van der Waals surface area contributed by atoms with Crippen LogP contribution in [0.2, 0.25) is 0 Å². The molecule has 19 heavy (non-hydrogen) atoms. The van der Waals surface area contributed by atoms with Crippen LogP contribution in [0.1, 0.15) is 27.2 Å². The standard InChI is InChI=1S/C13H8F4O2/c1-7-4-9(6-19-7)12(18)8-2-3-11(14)10(5-8)13(15,16)17/h2-6H,1H3. The van der Waals surface area contributed by atoms with Crippen LogP contribution in [0.4, 0.5) is 17.6 Å². The molecule has 2 aromatic rings. The second-order valence-corrected chi connectivity index (χ2v) is 3.97. The van der Waals surface area contributed by atoms with Crippen molar-refractivity contribution in [1.29, 1.82) is 0 Å². The van der Waals surface area contributed by atoms with Crippen molar-refractivity contribution < 1.29 is 26.8 Å². The minimum Gasteiger partial charge on any atom is -0.469 e. The van der Waals surface area contributed by atoms with Crippen LogP contribution < -0.4 is 0 Å². The summed E-state index contributed by atoms with van der Waals surface area (Å²) in [6.45, 7) is 1.60. The predicted octanol–water partition coefficient (Wildman–Crippen LogP) is 3.98.